The molecule has 0 aliphatic rings. The highest BCUT2D eigenvalue weighted by Crippen LogP contribution is 2.29. The van der Waals surface area contributed by atoms with Crippen LogP contribution in [0.1, 0.15) is 10.4 Å². The van der Waals surface area contributed by atoms with Crippen LogP contribution in [0.15, 0.2) is 61.3 Å². The van der Waals surface area contributed by atoms with Crippen molar-refractivity contribution < 1.29 is 9.18 Å². The van der Waals surface area contributed by atoms with Gasteiger partial charge in [-0.15, -0.1) is 0 Å². The van der Waals surface area contributed by atoms with Gasteiger partial charge >= 0.3 is 0 Å². The van der Waals surface area contributed by atoms with Crippen LogP contribution in [-0.2, 0) is 0 Å². The molecule has 0 aliphatic carbocycles. The molecule has 122 valence electrons. The van der Waals surface area contributed by atoms with Gasteiger partial charge in [-0.25, -0.2) is 14.4 Å². The lowest BCUT2D eigenvalue weighted by Gasteiger charge is -2.08. The summed E-state index contributed by atoms with van der Waals surface area (Å²) in [7, 11) is 0. The number of fused-ring (bicyclic) bond motifs is 1. The molecule has 6 nitrogen and oxygen atoms in total. The van der Waals surface area contributed by atoms with E-state index in [1.165, 1.54) is 12.5 Å². The summed E-state index contributed by atoms with van der Waals surface area (Å²) in [5.41, 5.74) is 7.50. The summed E-state index contributed by atoms with van der Waals surface area (Å²) < 4.78 is 16.7. The Balaban J connectivity index is 1.89. The first-order chi connectivity index (χ1) is 12.1. The summed E-state index contributed by atoms with van der Waals surface area (Å²) in [5, 5.41) is 0. The highest BCUT2D eigenvalue weighted by molar-refractivity contribution is 5.92. The van der Waals surface area contributed by atoms with Crippen LogP contribution in [0.3, 0.4) is 0 Å². The molecule has 0 saturated carbocycles. The smallest absolute Gasteiger partial charge is 0.250 e. The van der Waals surface area contributed by atoms with Crippen LogP contribution in [-0.4, -0.2) is 25.4 Å². The first kappa shape index (κ1) is 14.9. The van der Waals surface area contributed by atoms with E-state index in [-0.39, 0.29) is 5.56 Å². The van der Waals surface area contributed by atoms with E-state index >= 15 is 4.39 Å². The van der Waals surface area contributed by atoms with E-state index in [2.05, 4.69) is 15.0 Å². The van der Waals surface area contributed by atoms with E-state index in [9.17, 15) is 4.79 Å². The number of primary amides is 1. The van der Waals surface area contributed by atoms with Crippen molar-refractivity contribution in [2.24, 2.45) is 5.73 Å². The molecule has 0 atom stereocenters. The molecule has 2 N–H and O–H groups in total. The van der Waals surface area contributed by atoms with Crippen LogP contribution in [0.4, 0.5) is 4.39 Å². The lowest BCUT2D eigenvalue weighted by atomic mass is 10.1. The standard InChI is InChI=1S/C18H12FN5O/c19-16-13(11-5-7-21-8-6-11)2-3-14-17(16)24(10-23-14)15-4-1-12(9-22-15)18(20)25/h1-10H,(H2,20,25). The fourth-order valence-corrected chi connectivity index (χ4v) is 2.67. The fourth-order valence-electron chi connectivity index (χ4n) is 2.67. The van der Waals surface area contributed by atoms with Crippen molar-refractivity contribution in [1.29, 1.82) is 0 Å². The van der Waals surface area contributed by atoms with Gasteiger partial charge in [-0.3, -0.25) is 14.3 Å². The van der Waals surface area contributed by atoms with E-state index in [0.29, 0.717) is 22.4 Å². The van der Waals surface area contributed by atoms with Crippen molar-refractivity contribution >= 4 is 16.9 Å². The molecule has 0 unspecified atom stereocenters. The maximum atomic E-state index is 15.2. The zero-order chi connectivity index (χ0) is 17.4. The number of rotatable bonds is 3. The van der Waals surface area contributed by atoms with E-state index in [1.807, 2.05) is 0 Å². The van der Waals surface area contributed by atoms with Gasteiger partial charge in [0, 0.05) is 24.2 Å². The SMILES string of the molecule is NC(=O)c1ccc(-n2cnc3ccc(-c4ccncc4)c(F)c32)nc1. The molecular formula is C18H12FN5O. The molecule has 0 radical (unpaired) electrons. The van der Waals surface area contributed by atoms with Crippen LogP contribution in [0.2, 0.25) is 0 Å². The number of hydrogen-bond donors (Lipinski definition) is 1. The van der Waals surface area contributed by atoms with Gasteiger partial charge in [0.25, 0.3) is 0 Å². The lowest BCUT2D eigenvalue weighted by molar-refractivity contribution is 0.1000. The molecule has 0 aliphatic heterocycles. The number of benzene rings is 1. The Hall–Kier alpha value is -3.61. The first-order valence-electron chi connectivity index (χ1n) is 7.47. The quantitative estimate of drug-likeness (QED) is 0.624. The van der Waals surface area contributed by atoms with Gasteiger partial charge < -0.3 is 5.73 Å². The number of carbonyl (C=O) groups excluding carboxylic acids is 1. The monoisotopic (exact) mass is 333 g/mol. The third-order valence-electron chi connectivity index (χ3n) is 3.92. The molecule has 1 aromatic carbocycles. The Morgan fingerprint density at radius 2 is 1.84 bits per heavy atom. The highest BCUT2D eigenvalue weighted by Gasteiger charge is 2.15. The van der Waals surface area contributed by atoms with E-state index in [4.69, 9.17) is 5.73 Å². The van der Waals surface area contributed by atoms with Crippen LogP contribution in [0, 0.1) is 5.82 Å². The summed E-state index contributed by atoms with van der Waals surface area (Å²) in [6, 6.07) is 10.1. The van der Waals surface area contributed by atoms with Gasteiger partial charge in [0.1, 0.15) is 17.7 Å². The lowest BCUT2D eigenvalue weighted by Crippen LogP contribution is -2.11. The summed E-state index contributed by atoms with van der Waals surface area (Å²) in [4.78, 5) is 23.5. The number of halogens is 1. The first-order valence-corrected chi connectivity index (χ1v) is 7.47. The van der Waals surface area contributed by atoms with Crippen LogP contribution < -0.4 is 5.73 Å². The van der Waals surface area contributed by atoms with Gasteiger partial charge in [-0.05, 0) is 42.0 Å². The molecule has 0 bridgehead atoms. The summed E-state index contributed by atoms with van der Waals surface area (Å²) in [6.07, 6.45) is 6.07. The second-order valence-electron chi connectivity index (χ2n) is 5.41. The predicted molar refractivity (Wildman–Crippen MR) is 90.6 cm³/mol. The molecular weight excluding hydrogens is 321 g/mol. The Bertz CT molecular complexity index is 1070. The van der Waals surface area contributed by atoms with Gasteiger partial charge in [-0.1, -0.05) is 0 Å². The van der Waals surface area contributed by atoms with Crippen molar-refractivity contribution in [3.05, 3.63) is 72.7 Å². The third kappa shape index (κ3) is 2.51. The van der Waals surface area contributed by atoms with Gasteiger partial charge in [-0.2, -0.15) is 0 Å². The van der Waals surface area contributed by atoms with Crippen molar-refractivity contribution in [2.45, 2.75) is 0 Å². The molecule has 25 heavy (non-hydrogen) atoms. The Morgan fingerprint density at radius 3 is 2.52 bits per heavy atom. The maximum absolute atomic E-state index is 15.2. The summed E-state index contributed by atoms with van der Waals surface area (Å²) >= 11 is 0. The van der Waals surface area contributed by atoms with Gasteiger partial charge in [0.2, 0.25) is 5.91 Å². The zero-order valence-electron chi connectivity index (χ0n) is 12.9. The van der Waals surface area contributed by atoms with E-state index in [0.717, 1.165) is 5.56 Å². The minimum absolute atomic E-state index is 0.283. The largest absolute Gasteiger partial charge is 0.366 e. The number of imidazole rings is 1. The van der Waals surface area contributed by atoms with Crippen LogP contribution >= 0.6 is 0 Å². The molecule has 0 spiro atoms. The minimum Gasteiger partial charge on any atom is -0.366 e. The maximum Gasteiger partial charge on any atom is 0.250 e. The number of aromatic nitrogens is 4. The average molecular weight is 333 g/mol. The Morgan fingerprint density at radius 1 is 1.04 bits per heavy atom. The van der Waals surface area contributed by atoms with Crippen LogP contribution in [0.5, 0.6) is 0 Å². The molecule has 7 heteroatoms. The Kier molecular flexibility index (Phi) is 3.46. The number of amides is 1. The van der Waals surface area contributed by atoms with Gasteiger partial charge in [0.05, 0.1) is 11.1 Å². The number of nitrogens with zero attached hydrogens (tertiary/aromatic N) is 4. The summed E-state index contributed by atoms with van der Waals surface area (Å²) in [6.45, 7) is 0. The molecule has 0 saturated heterocycles. The van der Waals surface area contributed by atoms with Crippen molar-refractivity contribution in [1.82, 2.24) is 19.5 Å². The topological polar surface area (TPSA) is 86.7 Å². The minimum atomic E-state index is -0.569. The third-order valence-corrected chi connectivity index (χ3v) is 3.92. The normalized spacial score (nSPS) is 10.9. The molecule has 4 aromatic rings. The number of hydrogen-bond acceptors (Lipinski definition) is 4. The zero-order valence-corrected chi connectivity index (χ0v) is 12.9. The molecule has 3 aromatic heterocycles. The number of nitrogens with two attached hydrogens (primary N) is 1. The summed E-state index contributed by atoms with van der Waals surface area (Å²) in [5.74, 6) is -0.527. The number of carbonyl (C=O) groups is 1. The average Bonchev–Trinajstić information content (AvgIpc) is 3.08. The second kappa shape index (κ2) is 5.79. The van der Waals surface area contributed by atoms with E-state index < -0.39 is 11.7 Å². The van der Waals surface area contributed by atoms with Crippen molar-refractivity contribution in [3.63, 3.8) is 0 Å². The van der Waals surface area contributed by atoms with Crippen molar-refractivity contribution in [3.8, 4) is 16.9 Å². The Labute approximate surface area is 141 Å². The van der Waals surface area contributed by atoms with E-state index in [1.54, 1.807) is 53.4 Å². The molecule has 0 fully saturated rings. The fraction of sp³-hybridized carbons (Fsp3) is 0. The predicted octanol–water partition coefficient (Wildman–Crippen LogP) is 2.72. The van der Waals surface area contributed by atoms with Crippen molar-refractivity contribution in [2.75, 3.05) is 0 Å². The highest BCUT2D eigenvalue weighted by atomic mass is 19.1. The van der Waals surface area contributed by atoms with Gasteiger partial charge in [0.15, 0.2) is 5.82 Å². The molecule has 1 amide bonds. The molecule has 4 rings (SSSR count). The molecule has 3 heterocycles. The number of pyridine rings is 2. The second-order valence-corrected chi connectivity index (χ2v) is 5.41. The van der Waals surface area contributed by atoms with Crippen LogP contribution in [0.25, 0.3) is 28.0 Å².